The van der Waals surface area contributed by atoms with Gasteiger partial charge in [0.05, 0.1) is 11.3 Å². The number of hydrogen-bond donors (Lipinski definition) is 1. The summed E-state index contributed by atoms with van der Waals surface area (Å²) >= 11 is 6.06. The molecule has 2 heterocycles. The summed E-state index contributed by atoms with van der Waals surface area (Å²) in [5.41, 5.74) is 1.06. The predicted octanol–water partition coefficient (Wildman–Crippen LogP) is 3.87. The molecule has 0 bridgehead atoms. The zero-order chi connectivity index (χ0) is 22.1. The topological polar surface area (TPSA) is 65.8 Å². The molecule has 0 amide bonds. The second kappa shape index (κ2) is 8.83. The molecule has 1 fully saturated rings. The first-order valence-corrected chi connectivity index (χ1v) is 10.9. The van der Waals surface area contributed by atoms with Crippen LogP contribution in [0.1, 0.15) is 29.9 Å². The van der Waals surface area contributed by atoms with E-state index in [4.69, 9.17) is 11.6 Å². The molecule has 4 rings (SSSR count). The molecule has 6 nitrogen and oxygen atoms in total. The average Bonchev–Trinajstić information content (AvgIpc) is 2.75. The second-order valence-electron chi connectivity index (χ2n) is 8.20. The van der Waals surface area contributed by atoms with Crippen molar-refractivity contribution in [2.45, 2.75) is 26.4 Å². The quantitative estimate of drug-likeness (QED) is 0.653. The Morgan fingerprint density at radius 1 is 1.00 bits per heavy atom. The Morgan fingerprint density at radius 2 is 1.61 bits per heavy atom. The number of aromatic carboxylic acids is 1. The highest BCUT2D eigenvalue weighted by Crippen LogP contribution is 2.25. The zero-order valence-electron chi connectivity index (χ0n) is 17.7. The standard InChI is InChI=1S/C24H26ClN3O3/c1-16(2)27-13-11-26(12-14-27)15-21-22(24(30)31)19-5-3-4-6-20(19)23(29)28(21)18-9-7-17(25)8-10-18/h3-10,16H,11-15H2,1-2H3,(H,30,31). The van der Waals surface area contributed by atoms with Gasteiger partial charge in [0.25, 0.3) is 5.56 Å². The van der Waals surface area contributed by atoms with E-state index in [1.807, 2.05) is 0 Å². The molecule has 0 unspecified atom stereocenters. The van der Waals surface area contributed by atoms with E-state index < -0.39 is 5.97 Å². The van der Waals surface area contributed by atoms with Gasteiger partial charge in [-0.15, -0.1) is 0 Å². The molecule has 1 aliphatic rings. The Labute approximate surface area is 186 Å². The molecule has 31 heavy (non-hydrogen) atoms. The van der Waals surface area contributed by atoms with Crippen LogP contribution >= 0.6 is 11.6 Å². The summed E-state index contributed by atoms with van der Waals surface area (Å²) in [6.45, 7) is 8.21. The molecule has 0 saturated carbocycles. The van der Waals surface area contributed by atoms with Crippen LogP contribution in [-0.4, -0.2) is 57.7 Å². The number of nitrogens with zero attached hydrogens (tertiary/aromatic N) is 3. The van der Waals surface area contributed by atoms with E-state index in [-0.39, 0.29) is 11.1 Å². The molecule has 1 N–H and O–H groups in total. The Kier molecular flexibility index (Phi) is 6.14. The summed E-state index contributed by atoms with van der Waals surface area (Å²) in [5.74, 6) is -1.03. The van der Waals surface area contributed by atoms with Gasteiger partial charge in [-0.3, -0.25) is 19.2 Å². The third-order valence-electron chi connectivity index (χ3n) is 6.00. The third kappa shape index (κ3) is 4.24. The van der Waals surface area contributed by atoms with E-state index in [1.54, 1.807) is 48.5 Å². The van der Waals surface area contributed by atoms with Crippen molar-refractivity contribution >= 4 is 28.3 Å². The number of benzene rings is 2. The Hall–Kier alpha value is -2.67. The lowest BCUT2D eigenvalue weighted by Gasteiger charge is -2.37. The van der Waals surface area contributed by atoms with E-state index in [1.165, 1.54) is 4.57 Å². The van der Waals surface area contributed by atoms with Crippen LogP contribution in [0.2, 0.25) is 5.02 Å². The van der Waals surface area contributed by atoms with Crippen molar-refractivity contribution in [3.05, 3.63) is 75.2 Å². The number of rotatable bonds is 5. The number of aromatic nitrogens is 1. The molecule has 7 heteroatoms. The van der Waals surface area contributed by atoms with E-state index in [9.17, 15) is 14.7 Å². The van der Waals surface area contributed by atoms with Gasteiger partial charge in [-0.05, 0) is 44.2 Å². The van der Waals surface area contributed by atoms with Gasteiger partial charge in [0.2, 0.25) is 0 Å². The second-order valence-corrected chi connectivity index (χ2v) is 8.63. The van der Waals surface area contributed by atoms with Crippen LogP contribution in [0.3, 0.4) is 0 Å². The smallest absolute Gasteiger partial charge is 0.338 e. The van der Waals surface area contributed by atoms with Crippen LogP contribution in [0.25, 0.3) is 16.5 Å². The number of fused-ring (bicyclic) bond motifs is 1. The largest absolute Gasteiger partial charge is 0.478 e. The van der Waals surface area contributed by atoms with Crippen molar-refractivity contribution in [1.82, 2.24) is 14.4 Å². The van der Waals surface area contributed by atoms with E-state index in [0.29, 0.717) is 39.8 Å². The minimum atomic E-state index is -1.03. The first-order valence-electron chi connectivity index (χ1n) is 10.5. The molecule has 2 aromatic carbocycles. The fourth-order valence-corrected chi connectivity index (χ4v) is 4.43. The maximum Gasteiger partial charge on any atom is 0.338 e. The molecule has 0 atom stereocenters. The predicted molar refractivity (Wildman–Crippen MR) is 124 cm³/mol. The van der Waals surface area contributed by atoms with Crippen LogP contribution in [0, 0.1) is 0 Å². The van der Waals surface area contributed by atoms with Gasteiger partial charge in [0.15, 0.2) is 0 Å². The van der Waals surface area contributed by atoms with Crippen molar-refractivity contribution in [3.8, 4) is 5.69 Å². The highest BCUT2D eigenvalue weighted by atomic mass is 35.5. The van der Waals surface area contributed by atoms with Gasteiger partial charge in [-0.1, -0.05) is 29.8 Å². The lowest BCUT2D eigenvalue weighted by Crippen LogP contribution is -2.49. The number of halogens is 1. The number of piperazine rings is 1. The maximum atomic E-state index is 13.5. The monoisotopic (exact) mass is 439 g/mol. The van der Waals surface area contributed by atoms with Gasteiger partial charge >= 0.3 is 5.97 Å². The number of carboxylic acids is 1. The molecule has 3 aromatic rings. The first kappa shape index (κ1) is 21.6. The van der Waals surface area contributed by atoms with E-state index >= 15 is 0 Å². The third-order valence-corrected chi connectivity index (χ3v) is 6.25. The van der Waals surface area contributed by atoms with Gasteiger partial charge in [0.1, 0.15) is 0 Å². The molecule has 0 aliphatic carbocycles. The molecule has 1 aromatic heterocycles. The molecular formula is C24H26ClN3O3. The lowest BCUT2D eigenvalue weighted by molar-refractivity contribution is 0.0692. The van der Waals surface area contributed by atoms with Gasteiger partial charge in [-0.2, -0.15) is 0 Å². The molecular weight excluding hydrogens is 414 g/mol. The van der Waals surface area contributed by atoms with E-state index in [0.717, 1.165) is 26.2 Å². The summed E-state index contributed by atoms with van der Waals surface area (Å²) in [4.78, 5) is 30.5. The molecule has 1 aliphatic heterocycles. The van der Waals surface area contributed by atoms with Crippen molar-refractivity contribution in [2.75, 3.05) is 26.2 Å². The lowest BCUT2D eigenvalue weighted by atomic mass is 10.0. The average molecular weight is 440 g/mol. The van der Waals surface area contributed by atoms with Crippen molar-refractivity contribution in [1.29, 1.82) is 0 Å². The molecule has 0 radical (unpaired) electrons. The minimum Gasteiger partial charge on any atom is -0.478 e. The van der Waals surface area contributed by atoms with Crippen LogP contribution in [0.5, 0.6) is 0 Å². The normalized spacial score (nSPS) is 15.6. The van der Waals surface area contributed by atoms with Crippen molar-refractivity contribution in [2.24, 2.45) is 0 Å². The zero-order valence-corrected chi connectivity index (χ0v) is 18.5. The first-order chi connectivity index (χ1) is 14.9. The summed E-state index contributed by atoms with van der Waals surface area (Å²) in [6, 6.07) is 14.3. The summed E-state index contributed by atoms with van der Waals surface area (Å²) < 4.78 is 1.54. The Morgan fingerprint density at radius 3 is 2.19 bits per heavy atom. The fourth-order valence-electron chi connectivity index (χ4n) is 4.30. The maximum absolute atomic E-state index is 13.5. The van der Waals surface area contributed by atoms with Crippen LogP contribution in [0.4, 0.5) is 0 Å². The molecule has 162 valence electrons. The fraction of sp³-hybridized carbons (Fsp3) is 0.333. The summed E-state index contributed by atoms with van der Waals surface area (Å²) in [5, 5.41) is 11.6. The number of carboxylic acid groups (broad SMARTS) is 1. The van der Waals surface area contributed by atoms with Crippen LogP contribution in [0.15, 0.2) is 53.3 Å². The van der Waals surface area contributed by atoms with Gasteiger partial charge in [0, 0.05) is 60.2 Å². The van der Waals surface area contributed by atoms with E-state index in [2.05, 4.69) is 23.6 Å². The number of hydrogen-bond acceptors (Lipinski definition) is 4. The van der Waals surface area contributed by atoms with Gasteiger partial charge in [-0.25, -0.2) is 4.79 Å². The number of pyridine rings is 1. The van der Waals surface area contributed by atoms with Crippen LogP contribution < -0.4 is 5.56 Å². The highest BCUT2D eigenvalue weighted by Gasteiger charge is 2.26. The van der Waals surface area contributed by atoms with Crippen molar-refractivity contribution in [3.63, 3.8) is 0 Å². The van der Waals surface area contributed by atoms with Crippen LogP contribution in [-0.2, 0) is 6.54 Å². The number of carbonyl (C=O) groups is 1. The SMILES string of the molecule is CC(C)N1CCN(Cc2c(C(=O)O)c3ccccc3c(=O)n2-c2ccc(Cl)cc2)CC1. The minimum absolute atomic E-state index is 0.177. The summed E-state index contributed by atoms with van der Waals surface area (Å²) in [6.07, 6.45) is 0. The van der Waals surface area contributed by atoms with Crippen molar-refractivity contribution < 1.29 is 9.90 Å². The highest BCUT2D eigenvalue weighted by molar-refractivity contribution is 6.30. The van der Waals surface area contributed by atoms with Gasteiger partial charge < -0.3 is 5.11 Å². The molecule has 0 spiro atoms. The molecule has 1 saturated heterocycles. The Bertz CT molecular complexity index is 1160. The summed E-state index contributed by atoms with van der Waals surface area (Å²) in [7, 11) is 0. The Balaban J connectivity index is 1.88.